The van der Waals surface area contributed by atoms with Crippen LogP contribution in [0.4, 0.5) is 0 Å². The van der Waals surface area contributed by atoms with Gasteiger partial charge in [0.1, 0.15) is 0 Å². The van der Waals surface area contributed by atoms with E-state index in [2.05, 4.69) is 19.2 Å². The Kier molecular flexibility index (Phi) is 5.92. The minimum absolute atomic E-state index is 0.0193. The normalized spacial score (nSPS) is 16.5. The van der Waals surface area contributed by atoms with Crippen LogP contribution in [0.15, 0.2) is 42.5 Å². The number of amides is 2. The lowest BCUT2D eigenvalue weighted by Gasteiger charge is -2.32. The topological polar surface area (TPSA) is 49.4 Å². The fourth-order valence-electron chi connectivity index (χ4n) is 3.79. The fourth-order valence-corrected chi connectivity index (χ4v) is 3.79. The van der Waals surface area contributed by atoms with E-state index >= 15 is 0 Å². The molecular formula is C22H28N2O2. The van der Waals surface area contributed by atoms with Crippen molar-refractivity contribution in [3.05, 3.63) is 48.0 Å². The molecule has 0 bridgehead atoms. The second-order valence-corrected chi connectivity index (χ2v) is 7.29. The predicted molar refractivity (Wildman–Crippen MR) is 105 cm³/mol. The van der Waals surface area contributed by atoms with Gasteiger partial charge in [-0.3, -0.25) is 9.59 Å². The number of carbonyl (C=O) groups excluding carboxylic acids is 2. The lowest BCUT2D eigenvalue weighted by atomic mass is 9.94. The molecule has 1 aliphatic heterocycles. The Hall–Kier alpha value is -2.36. The molecule has 2 amide bonds. The number of benzene rings is 2. The van der Waals surface area contributed by atoms with Crippen molar-refractivity contribution in [3.8, 4) is 0 Å². The van der Waals surface area contributed by atoms with Crippen molar-refractivity contribution >= 4 is 22.6 Å². The summed E-state index contributed by atoms with van der Waals surface area (Å²) in [6.07, 6.45) is 3.55. The van der Waals surface area contributed by atoms with E-state index in [0.717, 1.165) is 42.0 Å². The first-order valence-corrected chi connectivity index (χ1v) is 9.67. The Morgan fingerprint density at radius 3 is 2.54 bits per heavy atom. The largest absolute Gasteiger partial charge is 0.353 e. The Balaban J connectivity index is 1.62. The number of carbonyl (C=O) groups is 2. The van der Waals surface area contributed by atoms with Crippen LogP contribution in [-0.2, 0) is 4.79 Å². The molecule has 0 radical (unpaired) electrons. The summed E-state index contributed by atoms with van der Waals surface area (Å²) in [5.74, 6) is 0.231. The molecule has 1 aliphatic rings. The zero-order valence-corrected chi connectivity index (χ0v) is 15.7. The van der Waals surface area contributed by atoms with Crippen LogP contribution in [0.1, 0.15) is 49.9 Å². The number of hydrogen-bond donors (Lipinski definition) is 1. The van der Waals surface area contributed by atoms with Crippen LogP contribution in [0, 0.1) is 5.92 Å². The number of hydrogen-bond acceptors (Lipinski definition) is 2. The number of nitrogens with zero attached hydrogens (tertiary/aromatic N) is 1. The van der Waals surface area contributed by atoms with Gasteiger partial charge in [-0.1, -0.05) is 49.7 Å². The monoisotopic (exact) mass is 352 g/mol. The summed E-state index contributed by atoms with van der Waals surface area (Å²) < 4.78 is 0. The van der Waals surface area contributed by atoms with E-state index in [1.165, 1.54) is 0 Å². The molecule has 1 N–H and O–H groups in total. The van der Waals surface area contributed by atoms with E-state index in [1.54, 1.807) is 0 Å². The Morgan fingerprint density at radius 2 is 1.81 bits per heavy atom. The van der Waals surface area contributed by atoms with Gasteiger partial charge in [-0.05, 0) is 43.0 Å². The van der Waals surface area contributed by atoms with Crippen LogP contribution in [-0.4, -0.2) is 35.8 Å². The molecule has 3 rings (SSSR count). The molecular weight excluding hydrogens is 324 g/mol. The summed E-state index contributed by atoms with van der Waals surface area (Å²) in [7, 11) is 0. The Bertz CT molecular complexity index is 773. The lowest BCUT2D eigenvalue weighted by molar-refractivity contribution is -0.126. The van der Waals surface area contributed by atoms with Gasteiger partial charge in [0.05, 0.1) is 0 Å². The first kappa shape index (κ1) is 18.4. The Labute approximate surface area is 155 Å². The van der Waals surface area contributed by atoms with Crippen LogP contribution in [0.2, 0.25) is 0 Å². The summed E-state index contributed by atoms with van der Waals surface area (Å²) in [4.78, 5) is 27.3. The Morgan fingerprint density at radius 1 is 1.12 bits per heavy atom. The van der Waals surface area contributed by atoms with Gasteiger partial charge in [0.25, 0.3) is 5.91 Å². The third-order valence-electron chi connectivity index (χ3n) is 5.28. The molecule has 2 aromatic rings. The van der Waals surface area contributed by atoms with E-state index in [1.807, 2.05) is 47.4 Å². The first-order valence-electron chi connectivity index (χ1n) is 9.67. The second kappa shape index (κ2) is 8.35. The van der Waals surface area contributed by atoms with Gasteiger partial charge in [0.2, 0.25) is 5.91 Å². The molecule has 0 saturated carbocycles. The number of rotatable bonds is 5. The van der Waals surface area contributed by atoms with E-state index in [9.17, 15) is 9.59 Å². The minimum Gasteiger partial charge on any atom is -0.353 e. The van der Waals surface area contributed by atoms with E-state index in [4.69, 9.17) is 0 Å². The molecule has 1 fully saturated rings. The minimum atomic E-state index is 0.0193. The van der Waals surface area contributed by atoms with Crippen molar-refractivity contribution in [1.29, 1.82) is 0 Å². The molecule has 1 saturated heterocycles. The second-order valence-electron chi connectivity index (χ2n) is 7.29. The lowest BCUT2D eigenvalue weighted by Crippen LogP contribution is -2.44. The summed E-state index contributed by atoms with van der Waals surface area (Å²) >= 11 is 0. The van der Waals surface area contributed by atoms with Gasteiger partial charge in [0, 0.05) is 30.6 Å². The summed E-state index contributed by atoms with van der Waals surface area (Å²) in [5.41, 5.74) is 0.752. The molecule has 1 heterocycles. The summed E-state index contributed by atoms with van der Waals surface area (Å²) in [6, 6.07) is 14.1. The van der Waals surface area contributed by atoms with Crippen molar-refractivity contribution in [2.24, 2.45) is 5.92 Å². The fraction of sp³-hybridized carbons (Fsp3) is 0.455. The predicted octanol–water partition coefficient (Wildman–Crippen LogP) is 4.00. The molecule has 4 nitrogen and oxygen atoms in total. The maximum atomic E-state index is 13.0. The molecule has 26 heavy (non-hydrogen) atoms. The number of piperidine rings is 1. The standard InChI is InChI=1S/C22H28N2O2/c1-3-7-16(2)23-21(25)18-12-14-24(15-13-18)22(26)20-11-6-9-17-8-4-5-10-19(17)20/h4-6,8-11,16,18H,3,7,12-15H2,1-2H3,(H,23,25). The summed E-state index contributed by atoms with van der Waals surface area (Å²) in [6.45, 7) is 5.46. The van der Waals surface area contributed by atoms with E-state index in [-0.39, 0.29) is 23.8 Å². The van der Waals surface area contributed by atoms with Gasteiger partial charge >= 0.3 is 0 Å². The molecule has 138 valence electrons. The molecule has 1 atom stereocenters. The highest BCUT2D eigenvalue weighted by Crippen LogP contribution is 2.23. The van der Waals surface area contributed by atoms with Crippen LogP contribution >= 0.6 is 0 Å². The highest BCUT2D eigenvalue weighted by molar-refractivity contribution is 6.07. The van der Waals surface area contributed by atoms with Crippen molar-refractivity contribution in [2.75, 3.05) is 13.1 Å². The highest BCUT2D eigenvalue weighted by Gasteiger charge is 2.28. The maximum Gasteiger partial charge on any atom is 0.254 e. The SMILES string of the molecule is CCCC(C)NC(=O)C1CCN(C(=O)c2cccc3ccccc23)CC1. The van der Waals surface area contributed by atoms with Crippen LogP contribution in [0.3, 0.4) is 0 Å². The molecule has 1 unspecified atom stereocenters. The average Bonchev–Trinajstić information content (AvgIpc) is 2.67. The van der Waals surface area contributed by atoms with Crippen LogP contribution in [0.25, 0.3) is 10.8 Å². The highest BCUT2D eigenvalue weighted by atomic mass is 16.2. The zero-order valence-electron chi connectivity index (χ0n) is 15.7. The molecule has 0 aliphatic carbocycles. The average molecular weight is 352 g/mol. The number of fused-ring (bicyclic) bond motifs is 1. The van der Waals surface area contributed by atoms with Crippen molar-refractivity contribution < 1.29 is 9.59 Å². The van der Waals surface area contributed by atoms with Crippen LogP contribution in [0.5, 0.6) is 0 Å². The van der Waals surface area contributed by atoms with Gasteiger partial charge in [-0.25, -0.2) is 0 Å². The number of likely N-dealkylation sites (tertiary alicyclic amines) is 1. The molecule has 2 aromatic carbocycles. The quantitative estimate of drug-likeness (QED) is 0.884. The molecule has 4 heteroatoms. The smallest absolute Gasteiger partial charge is 0.254 e. The zero-order chi connectivity index (χ0) is 18.5. The third kappa shape index (κ3) is 4.06. The van der Waals surface area contributed by atoms with E-state index in [0.29, 0.717) is 13.1 Å². The van der Waals surface area contributed by atoms with Gasteiger partial charge in [-0.2, -0.15) is 0 Å². The van der Waals surface area contributed by atoms with Crippen molar-refractivity contribution in [1.82, 2.24) is 10.2 Å². The summed E-state index contributed by atoms with van der Waals surface area (Å²) in [5, 5.41) is 5.18. The molecule has 0 spiro atoms. The van der Waals surface area contributed by atoms with Gasteiger partial charge in [0.15, 0.2) is 0 Å². The van der Waals surface area contributed by atoms with Gasteiger partial charge < -0.3 is 10.2 Å². The van der Waals surface area contributed by atoms with E-state index < -0.39 is 0 Å². The van der Waals surface area contributed by atoms with Crippen molar-refractivity contribution in [3.63, 3.8) is 0 Å². The van der Waals surface area contributed by atoms with Crippen molar-refractivity contribution in [2.45, 2.75) is 45.6 Å². The van der Waals surface area contributed by atoms with Gasteiger partial charge in [-0.15, -0.1) is 0 Å². The number of nitrogens with one attached hydrogen (secondary N) is 1. The first-order chi connectivity index (χ1) is 12.6. The molecule has 0 aromatic heterocycles. The maximum absolute atomic E-state index is 13.0. The third-order valence-corrected chi connectivity index (χ3v) is 5.28. The van der Waals surface area contributed by atoms with Crippen LogP contribution < -0.4 is 5.32 Å².